The predicted molar refractivity (Wildman–Crippen MR) is 115 cm³/mol. The number of hydrogen-bond acceptors (Lipinski definition) is 4. The SMILES string of the molecule is COc1ccc([C@H]2CC(c3ccccc3F)=NN2C(=O)CN(C)C(=O)C2CCC2)cc1. The monoisotopic (exact) mass is 423 g/mol. The van der Waals surface area contributed by atoms with Gasteiger partial charge in [-0.2, -0.15) is 5.10 Å². The highest BCUT2D eigenvalue weighted by Gasteiger charge is 2.36. The molecule has 0 N–H and O–H groups in total. The summed E-state index contributed by atoms with van der Waals surface area (Å²) >= 11 is 0. The van der Waals surface area contributed by atoms with Crippen molar-refractivity contribution in [2.45, 2.75) is 31.7 Å². The van der Waals surface area contributed by atoms with Crippen LogP contribution in [0, 0.1) is 11.7 Å². The van der Waals surface area contributed by atoms with E-state index in [1.165, 1.54) is 16.0 Å². The molecule has 1 saturated carbocycles. The van der Waals surface area contributed by atoms with Crippen molar-refractivity contribution in [3.63, 3.8) is 0 Å². The van der Waals surface area contributed by atoms with E-state index in [0.29, 0.717) is 23.4 Å². The maximum Gasteiger partial charge on any atom is 0.262 e. The Labute approximate surface area is 181 Å². The fourth-order valence-electron chi connectivity index (χ4n) is 4.00. The number of halogens is 1. The van der Waals surface area contributed by atoms with Crippen LogP contribution in [-0.4, -0.2) is 48.1 Å². The molecule has 2 amide bonds. The Kier molecular flexibility index (Phi) is 6.02. The van der Waals surface area contributed by atoms with Gasteiger partial charge in [-0.1, -0.05) is 36.8 Å². The molecule has 0 spiro atoms. The van der Waals surface area contributed by atoms with Gasteiger partial charge in [0.2, 0.25) is 5.91 Å². The topological polar surface area (TPSA) is 62.2 Å². The van der Waals surface area contributed by atoms with Crippen molar-refractivity contribution >= 4 is 17.5 Å². The standard InChI is InChI=1S/C24H26FN3O3/c1-27(24(30)17-6-5-7-17)15-23(29)28-22(16-10-12-18(31-2)13-11-16)14-21(26-28)19-8-3-4-9-20(19)25/h3-4,8-13,17,22H,5-7,14-15H2,1-2H3/t22-/m1/s1. The maximum absolute atomic E-state index is 14.4. The molecular weight excluding hydrogens is 397 g/mol. The smallest absolute Gasteiger partial charge is 0.262 e. The summed E-state index contributed by atoms with van der Waals surface area (Å²) in [5, 5.41) is 5.90. The van der Waals surface area contributed by atoms with Crippen LogP contribution >= 0.6 is 0 Å². The lowest BCUT2D eigenvalue weighted by Crippen LogP contribution is -2.42. The summed E-state index contributed by atoms with van der Waals surface area (Å²) in [7, 11) is 3.24. The molecule has 4 rings (SSSR count). The zero-order valence-corrected chi connectivity index (χ0v) is 17.8. The van der Waals surface area contributed by atoms with Crippen LogP contribution in [0.25, 0.3) is 0 Å². The number of benzene rings is 2. The first-order valence-corrected chi connectivity index (χ1v) is 10.5. The first kappa shape index (κ1) is 21.0. The lowest BCUT2D eigenvalue weighted by molar-refractivity contribution is -0.144. The highest BCUT2D eigenvalue weighted by molar-refractivity contribution is 6.03. The summed E-state index contributed by atoms with van der Waals surface area (Å²) in [5.41, 5.74) is 1.77. The second kappa shape index (κ2) is 8.88. The highest BCUT2D eigenvalue weighted by atomic mass is 19.1. The Morgan fingerprint density at radius 2 is 1.87 bits per heavy atom. The number of carbonyl (C=O) groups is 2. The van der Waals surface area contributed by atoms with Crippen molar-refractivity contribution in [2.75, 3.05) is 20.7 Å². The van der Waals surface area contributed by atoms with Crippen molar-refractivity contribution < 1.29 is 18.7 Å². The lowest BCUT2D eigenvalue weighted by atomic mass is 9.84. The normalized spacial score (nSPS) is 18.4. The van der Waals surface area contributed by atoms with Crippen LogP contribution in [-0.2, 0) is 9.59 Å². The van der Waals surface area contributed by atoms with Gasteiger partial charge in [-0.05, 0) is 36.6 Å². The van der Waals surface area contributed by atoms with E-state index in [2.05, 4.69) is 5.10 Å². The molecule has 1 heterocycles. The molecule has 0 radical (unpaired) electrons. The fraction of sp³-hybridized carbons (Fsp3) is 0.375. The quantitative estimate of drug-likeness (QED) is 0.711. The number of carbonyl (C=O) groups excluding carboxylic acids is 2. The molecule has 31 heavy (non-hydrogen) atoms. The van der Waals surface area contributed by atoms with Gasteiger partial charge >= 0.3 is 0 Å². The largest absolute Gasteiger partial charge is 0.497 e. The Bertz CT molecular complexity index is 1000. The summed E-state index contributed by atoms with van der Waals surface area (Å²) in [6, 6.07) is 13.5. The zero-order chi connectivity index (χ0) is 22.0. The number of methoxy groups -OCH3 is 1. The summed E-state index contributed by atoms with van der Waals surface area (Å²) in [4.78, 5) is 27.1. The average Bonchev–Trinajstić information content (AvgIpc) is 3.18. The van der Waals surface area contributed by atoms with Crippen molar-refractivity contribution in [2.24, 2.45) is 11.0 Å². The highest BCUT2D eigenvalue weighted by Crippen LogP contribution is 2.34. The van der Waals surface area contributed by atoms with E-state index < -0.39 is 0 Å². The van der Waals surface area contributed by atoms with Crippen LogP contribution in [0.5, 0.6) is 5.75 Å². The van der Waals surface area contributed by atoms with Gasteiger partial charge in [0.1, 0.15) is 18.1 Å². The number of nitrogens with zero attached hydrogens (tertiary/aromatic N) is 3. The number of hydrazone groups is 1. The zero-order valence-electron chi connectivity index (χ0n) is 17.8. The van der Waals surface area contributed by atoms with Crippen LogP contribution in [0.2, 0.25) is 0 Å². The van der Waals surface area contributed by atoms with Crippen LogP contribution in [0.1, 0.15) is 42.9 Å². The van der Waals surface area contributed by atoms with Crippen molar-refractivity contribution in [1.82, 2.24) is 9.91 Å². The number of rotatable bonds is 6. The number of ether oxygens (including phenoxy) is 1. The molecule has 6 nitrogen and oxygen atoms in total. The first-order chi connectivity index (χ1) is 15.0. The van der Waals surface area contributed by atoms with Crippen molar-refractivity contribution in [3.05, 3.63) is 65.5 Å². The first-order valence-electron chi connectivity index (χ1n) is 10.5. The van der Waals surface area contributed by atoms with Gasteiger partial charge in [0.15, 0.2) is 0 Å². The molecule has 2 aliphatic rings. The van der Waals surface area contributed by atoms with Crippen LogP contribution in [0.15, 0.2) is 53.6 Å². The predicted octanol–water partition coefficient (Wildman–Crippen LogP) is 3.77. The number of hydrogen-bond donors (Lipinski definition) is 0. The van der Waals surface area contributed by atoms with Crippen molar-refractivity contribution in [3.8, 4) is 5.75 Å². The molecule has 1 aliphatic heterocycles. The molecule has 1 aliphatic carbocycles. The summed E-state index contributed by atoms with van der Waals surface area (Å²) < 4.78 is 19.6. The molecule has 1 atom stereocenters. The van der Waals surface area contributed by atoms with E-state index >= 15 is 0 Å². The minimum absolute atomic E-state index is 0.00176. The summed E-state index contributed by atoms with van der Waals surface area (Å²) in [6.45, 7) is -0.0595. The Hall–Kier alpha value is -3.22. The van der Waals surface area contributed by atoms with E-state index in [4.69, 9.17) is 4.74 Å². The lowest BCUT2D eigenvalue weighted by Gasteiger charge is -2.30. The molecule has 0 aromatic heterocycles. The summed E-state index contributed by atoms with van der Waals surface area (Å²) in [5.74, 6) is 0.0636. The minimum atomic E-state index is -0.375. The maximum atomic E-state index is 14.4. The Morgan fingerprint density at radius 1 is 1.16 bits per heavy atom. The van der Waals surface area contributed by atoms with Gasteiger partial charge in [0.25, 0.3) is 5.91 Å². The van der Waals surface area contributed by atoms with Gasteiger partial charge in [-0.25, -0.2) is 9.40 Å². The molecular formula is C24H26FN3O3. The molecule has 2 aromatic carbocycles. The third kappa shape index (κ3) is 4.31. The second-order valence-corrected chi connectivity index (χ2v) is 8.08. The third-order valence-corrected chi connectivity index (χ3v) is 6.05. The van der Waals surface area contributed by atoms with Gasteiger partial charge in [0.05, 0.1) is 18.9 Å². The number of likely N-dealkylation sites (N-methyl/N-ethyl adjacent to an activating group) is 1. The molecule has 0 saturated heterocycles. The third-order valence-electron chi connectivity index (χ3n) is 6.05. The van der Waals surface area contributed by atoms with Gasteiger partial charge in [-0.3, -0.25) is 9.59 Å². The summed E-state index contributed by atoms with van der Waals surface area (Å²) in [6.07, 6.45) is 3.20. The van der Waals surface area contributed by atoms with Crippen LogP contribution < -0.4 is 4.74 Å². The Balaban J connectivity index is 1.59. The van der Waals surface area contributed by atoms with Gasteiger partial charge < -0.3 is 9.64 Å². The number of amides is 2. The molecule has 162 valence electrons. The molecule has 0 bridgehead atoms. The van der Waals surface area contributed by atoms with Crippen LogP contribution in [0.4, 0.5) is 4.39 Å². The second-order valence-electron chi connectivity index (χ2n) is 8.08. The molecule has 2 aromatic rings. The molecule has 1 fully saturated rings. The van der Waals surface area contributed by atoms with E-state index in [1.807, 2.05) is 24.3 Å². The average molecular weight is 423 g/mol. The molecule has 0 unspecified atom stereocenters. The fourth-order valence-corrected chi connectivity index (χ4v) is 4.00. The van der Waals surface area contributed by atoms with Gasteiger partial charge in [0, 0.05) is 24.9 Å². The van der Waals surface area contributed by atoms with E-state index in [1.54, 1.807) is 32.4 Å². The van der Waals surface area contributed by atoms with E-state index in [0.717, 1.165) is 24.8 Å². The van der Waals surface area contributed by atoms with E-state index in [-0.39, 0.29) is 36.1 Å². The van der Waals surface area contributed by atoms with Crippen molar-refractivity contribution in [1.29, 1.82) is 0 Å². The minimum Gasteiger partial charge on any atom is -0.497 e. The molecule has 7 heteroatoms. The van der Waals surface area contributed by atoms with E-state index in [9.17, 15) is 14.0 Å². The van der Waals surface area contributed by atoms with Crippen LogP contribution in [0.3, 0.4) is 0 Å². The Morgan fingerprint density at radius 3 is 2.48 bits per heavy atom. The van der Waals surface area contributed by atoms with Gasteiger partial charge in [-0.15, -0.1) is 0 Å².